The lowest BCUT2D eigenvalue weighted by Gasteiger charge is -2.23. The fourth-order valence-corrected chi connectivity index (χ4v) is 1.43. The zero-order chi connectivity index (χ0) is 13.9. The molecule has 6 nitrogen and oxygen atoms in total. The lowest BCUT2D eigenvalue weighted by molar-refractivity contribution is -0.384. The SMILES string of the molecule is CC(C)[C@H](N)C(=O)N(C)c1ccc([N+](=O)[O-])cc1. The first-order valence-corrected chi connectivity index (χ1v) is 5.62. The van der Waals surface area contributed by atoms with Crippen molar-refractivity contribution in [2.45, 2.75) is 19.9 Å². The van der Waals surface area contributed by atoms with Crippen LogP contribution in [0.1, 0.15) is 13.8 Å². The average molecular weight is 251 g/mol. The Labute approximate surface area is 106 Å². The first-order valence-electron chi connectivity index (χ1n) is 5.62. The van der Waals surface area contributed by atoms with Gasteiger partial charge in [0.25, 0.3) is 5.69 Å². The minimum atomic E-state index is -0.579. The van der Waals surface area contributed by atoms with E-state index in [0.717, 1.165) is 0 Å². The third-order valence-electron chi connectivity index (χ3n) is 2.78. The predicted octanol–water partition coefficient (Wildman–Crippen LogP) is 1.54. The van der Waals surface area contributed by atoms with E-state index in [4.69, 9.17) is 5.73 Å². The molecular weight excluding hydrogens is 234 g/mol. The summed E-state index contributed by atoms with van der Waals surface area (Å²) in [5.41, 5.74) is 6.36. The normalized spacial score (nSPS) is 12.3. The van der Waals surface area contributed by atoms with E-state index in [0.29, 0.717) is 5.69 Å². The highest BCUT2D eigenvalue weighted by Gasteiger charge is 2.22. The van der Waals surface area contributed by atoms with E-state index in [-0.39, 0.29) is 17.5 Å². The Kier molecular flexibility index (Phi) is 4.38. The Bertz CT molecular complexity index is 442. The Morgan fingerprint density at radius 2 is 1.83 bits per heavy atom. The summed E-state index contributed by atoms with van der Waals surface area (Å²) in [5, 5.41) is 10.5. The van der Waals surface area contributed by atoms with Crippen LogP contribution in [0.5, 0.6) is 0 Å². The van der Waals surface area contributed by atoms with Crippen molar-refractivity contribution in [3.8, 4) is 0 Å². The van der Waals surface area contributed by atoms with Gasteiger partial charge < -0.3 is 10.6 Å². The first-order chi connectivity index (χ1) is 8.34. The van der Waals surface area contributed by atoms with Crippen molar-refractivity contribution in [3.05, 3.63) is 34.4 Å². The van der Waals surface area contributed by atoms with Crippen molar-refractivity contribution in [3.63, 3.8) is 0 Å². The smallest absolute Gasteiger partial charge is 0.269 e. The summed E-state index contributed by atoms with van der Waals surface area (Å²) in [7, 11) is 1.60. The fourth-order valence-electron chi connectivity index (χ4n) is 1.43. The number of rotatable bonds is 4. The molecule has 18 heavy (non-hydrogen) atoms. The second-order valence-corrected chi connectivity index (χ2v) is 4.44. The molecule has 98 valence electrons. The number of carbonyl (C=O) groups is 1. The van der Waals surface area contributed by atoms with Crippen LogP contribution in [0.15, 0.2) is 24.3 Å². The van der Waals surface area contributed by atoms with Crippen LogP contribution in [0.3, 0.4) is 0 Å². The van der Waals surface area contributed by atoms with Crippen molar-refractivity contribution >= 4 is 17.3 Å². The number of benzene rings is 1. The number of nitro groups is 1. The molecule has 0 aliphatic carbocycles. The van der Waals surface area contributed by atoms with Crippen LogP contribution in [-0.2, 0) is 4.79 Å². The van der Waals surface area contributed by atoms with E-state index in [1.165, 1.54) is 29.2 Å². The molecule has 0 aliphatic heterocycles. The van der Waals surface area contributed by atoms with Crippen LogP contribution in [0.2, 0.25) is 0 Å². The molecule has 0 heterocycles. The maximum atomic E-state index is 12.0. The lowest BCUT2D eigenvalue weighted by Crippen LogP contribution is -2.45. The molecule has 1 rings (SSSR count). The molecule has 0 fully saturated rings. The summed E-state index contributed by atoms with van der Waals surface area (Å²) in [4.78, 5) is 23.4. The molecule has 0 spiro atoms. The van der Waals surface area contributed by atoms with Crippen LogP contribution >= 0.6 is 0 Å². The number of hydrogen-bond donors (Lipinski definition) is 1. The molecule has 1 aromatic carbocycles. The number of nitrogens with zero attached hydrogens (tertiary/aromatic N) is 2. The molecule has 0 bridgehead atoms. The number of anilines is 1. The minimum absolute atomic E-state index is 0.00671. The second kappa shape index (κ2) is 5.59. The molecular formula is C12H17N3O3. The Hall–Kier alpha value is -1.95. The van der Waals surface area contributed by atoms with Crippen LogP contribution in [-0.4, -0.2) is 23.9 Å². The fraction of sp³-hybridized carbons (Fsp3) is 0.417. The zero-order valence-electron chi connectivity index (χ0n) is 10.7. The molecule has 6 heteroatoms. The maximum absolute atomic E-state index is 12.0. The molecule has 0 aromatic heterocycles. The largest absolute Gasteiger partial charge is 0.320 e. The lowest BCUT2D eigenvalue weighted by atomic mass is 10.0. The molecule has 0 saturated heterocycles. The van der Waals surface area contributed by atoms with Crippen LogP contribution < -0.4 is 10.6 Å². The molecule has 1 amide bonds. The van der Waals surface area contributed by atoms with E-state index >= 15 is 0 Å². The van der Waals surface area contributed by atoms with Gasteiger partial charge in [0.1, 0.15) is 0 Å². The summed E-state index contributed by atoms with van der Waals surface area (Å²) in [6.07, 6.45) is 0. The van der Waals surface area contributed by atoms with Crippen LogP contribution in [0.25, 0.3) is 0 Å². The highest BCUT2D eigenvalue weighted by atomic mass is 16.6. The van der Waals surface area contributed by atoms with Gasteiger partial charge in [-0.15, -0.1) is 0 Å². The van der Waals surface area contributed by atoms with Crippen LogP contribution in [0, 0.1) is 16.0 Å². The van der Waals surface area contributed by atoms with Gasteiger partial charge in [0.2, 0.25) is 5.91 Å². The molecule has 0 aliphatic rings. The van der Waals surface area contributed by atoms with Crippen molar-refractivity contribution in [2.75, 3.05) is 11.9 Å². The predicted molar refractivity (Wildman–Crippen MR) is 69.3 cm³/mol. The van der Waals surface area contributed by atoms with Gasteiger partial charge in [0.15, 0.2) is 0 Å². The summed E-state index contributed by atoms with van der Waals surface area (Å²) < 4.78 is 0. The van der Waals surface area contributed by atoms with Crippen molar-refractivity contribution in [1.29, 1.82) is 0 Å². The zero-order valence-corrected chi connectivity index (χ0v) is 10.7. The van der Waals surface area contributed by atoms with Gasteiger partial charge >= 0.3 is 0 Å². The monoisotopic (exact) mass is 251 g/mol. The summed E-state index contributed by atoms with van der Waals surface area (Å²) in [5.74, 6) is -0.170. The van der Waals surface area contributed by atoms with E-state index in [1.807, 2.05) is 13.8 Å². The Balaban J connectivity index is 2.87. The summed E-state index contributed by atoms with van der Waals surface area (Å²) in [6, 6.07) is 5.21. The van der Waals surface area contributed by atoms with Gasteiger partial charge in [-0.25, -0.2) is 0 Å². The number of nitro benzene ring substituents is 1. The molecule has 0 radical (unpaired) electrons. The molecule has 0 unspecified atom stereocenters. The summed E-state index contributed by atoms with van der Waals surface area (Å²) >= 11 is 0. The van der Waals surface area contributed by atoms with Gasteiger partial charge in [-0.3, -0.25) is 14.9 Å². The van der Waals surface area contributed by atoms with Gasteiger partial charge in [-0.1, -0.05) is 13.8 Å². The second-order valence-electron chi connectivity index (χ2n) is 4.44. The van der Waals surface area contributed by atoms with Gasteiger partial charge in [-0.2, -0.15) is 0 Å². The van der Waals surface area contributed by atoms with E-state index in [2.05, 4.69) is 0 Å². The van der Waals surface area contributed by atoms with Gasteiger partial charge in [0, 0.05) is 24.9 Å². The third-order valence-corrected chi connectivity index (χ3v) is 2.78. The Morgan fingerprint density at radius 3 is 2.22 bits per heavy atom. The van der Waals surface area contributed by atoms with Crippen molar-refractivity contribution in [2.24, 2.45) is 11.7 Å². The number of non-ortho nitro benzene ring substituents is 1. The third kappa shape index (κ3) is 3.04. The quantitative estimate of drug-likeness (QED) is 0.649. The molecule has 2 N–H and O–H groups in total. The molecule has 0 saturated carbocycles. The molecule has 1 aromatic rings. The topological polar surface area (TPSA) is 89.5 Å². The van der Waals surface area contributed by atoms with E-state index in [1.54, 1.807) is 7.05 Å². The summed E-state index contributed by atoms with van der Waals surface area (Å²) in [6.45, 7) is 3.73. The van der Waals surface area contributed by atoms with Gasteiger partial charge in [0.05, 0.1) is 11.0 Å². The molecule has 1 atom stereocenters. The first kappa shape index (κ1) is 14.1. The van der Waals surface area contributed by atoms with Gasteiger partial charge in [-0.05, 0) is 18.1 Å². The number of amides is 1. The van der Waals surface area contributed by atoms with Crippen molar-refractivity contribution < 1.29 is 9.72 Å². The highest BCUT2D eigenvalue weighted by molar-refractivity contribution is 5.96. The van der Waals surface area contributed by atoms with Crippen molar-refractivity contribution in [1.82, 2.24) is 0 Å². The van der Waals surface area contributed by atoms with E-state index < -0.39 is 11.0 Å². The number of hydrogen-bond acceptors (Lipinski definition) is 4. The minimum Gasteiger partial charge on any atom is -0.320 e. The van der Waals surface area contributed by atoms with E-state index in [9.17, 15) is 14.9 Å². The Morgan fingerprint density at radius 1 is 1.33 bits per heavy atom. The number of likely N-dealkylation sites (N-methyl/N-ethyl adjacent to an activating group) is 1. The highest BCUT2D eigenvalue weighted by Crippen LogP contribution is 2.19. The number of nitrogens with two attached hydrogens (primary N) is 1. The number of carbonyl (C=O) groups excluding carboxylic acids is 1. The maximum Gasteiger partial charge on any atom is 0.269 e. The average Bonchev–Trinajstić information content (AvgIpc) is 2.36. The standard InChI is InChI=1S/C12H17N3O3/c1-8(2)11(13)12(16)14(3)9-4-6-10(7-5-9)15(17)18/h4-8,11H,13H2,1-3H3/t11-/m0/s1. The van der Waals surface area contributed by atoms with Crippen LogP contribution in [0.4, 0.5) is 11.4 Å².